The van der Waals surface area contributed by atoms with E-state index in [1.165, 1.54) is 0 Å². The largest absolute Gasteiger partial charge is 0.497 e. The lowest BCUT2D eigenvalue weighted by molar-refractivity contribution is 0.397. The molecule has 18 heavy (non-hydrogen) atoms. The fourth-order valence-electron chi connectivity index (χ4n) is 1.66. The number of rotatable bonds is 4. The summed E-state index contributed by atoms with van der Waals surface area (Å²) in [6, 6.07) is 5.66. The molecule has 0 bridgehead atoms. The van der Waals surface area contributed by atoms with Crippen LogP contribution in [0.3, 0.4) is 0 Å². The molecule has 2 aromatic rings. The van der Waals surface area contributed by atoms with Gasteiger partial charge >= 0.3 is 0 Å². The van der Waals surface area contributed by atoms with Crippen LogP contribution in [0.1, 0.15) is 5.56 Å². The Morgan fingerprint density at radius 3 is 2.67 bits per heavy atom. The van der Waals surface area contributed by atoms with E-state index < -0.39 is 0 Å². The minimum atomic E-state index is 0.551. The molecule has 0 radical (unpaired) electrons. The van der Waals surface area contributed by atoms with Gasteiger partial charge < -0.3 is 15.2 Å². The van der Waals surface area contributed by atoms with E-state index in [0.717, 1.165) is 20.6 Å². The first-order chi connectivity index (χ1) is 8.65. The highest BCUT2D eigenvalue weighted by Gasteiger charge is 2.10. The maximum Gasteiger partial charge on any atom is 0.135 e. The van der Waals surface area contributed by atoms with E-state index in [9.17, 15) is 0 Å². The van der Waals surface area contributed by atoms with Crippen LogP contribution in [0, 0.1) is 3.57 Å². The summed E-state index contributed by atoms with van der Waals surface area (Å²) in [7, 11) is 3.28. The quantitative estimate of drug-likeness (QED) is 0.850. The van der Waals surface area contributed by atoms with Crippen molar-refractivity contribution in [2.45, 2.75) is 6.54 Å². The third kappa shape index (κ3) is 2.53. The summed E-state index contributed by atoms with van der Waals surface area (Å²) in [5.74, 6) is 2.23. The summed E-state index contributed by atoms with van der Waals surface area (Å²) in [4.78, 5) is 0. The first-order valence-corrected chi connectivity index (χ1v) is 6.41. The van der Waals surface area contributed by atoms with E-state index in [2.05, 4.69) is 27.7 Å². The van der Waals surface area contributed by atoms with Gasteiger partial charge in [-0.1, -0.05) is 0 Å². The van der Waals surface area contributed by atoms with Crippen molar-refractivity contribution in [1.29, 1.82) is 0 Å². The molecule has 0 aliphatic heterocycles. The predicted molar refractivity (Wildman–Crippen MR) is 78.0 cm³/mol. The van der Waals surface area contributed by atoms with Crippen molar-refractivity contribution in [2.75, 3.05) is 20.0 Å². The second kappa shape index (κ2) is 5.47. The smallest absolute Gasteiger partial charge is 0.135 e. The Kier molecular flexibility index (Phi) is 3.95. The van der Waals surface area contributed by atoms with Gasteiger partial charge in [0.25, 0.3) is 0 Å². The van der Waals surface area contributed by atoms with Gasteiger partial charge in [0.05, 0.1) is 30.5 Å². The number of anilines is 1. The monoisotopic (exact) mass is 359 g/mol. The molecule has 0 fully saturated rings. The number of benzene rings is 1. The second-order valence-corrected chi connectivity index (χ2v) is 4.88. The van der Waals surface area contributed by atoms with Gasteiger partial charge in [-0.25, -0.2) is 4.68 Å². The summed E-state index contributed by atoms with van der Waals surface area (Å²) in [5.41, 5.74) is 6.91. The third-order valence-corrected chi connectivity index (χ3v) is 3.47. The summed E-state index contributed by atoms with van der Waals surface area (Å²) >= 11 is 2.16. The molecule has 0 amide bonds. The molecular formula is C12H14IN3O2. The summed E-state index contributed by atoms with van der Waals surface area (Å²) in [5, 5.41) is 4.23. The molecule has 96 valence electrons. The fraction of sp³-hybridized carbons (Fsp3) is 0.250. The first-order valence-electron chi connectivity index (χ1n) is 5.33. The molecule has 0 unspecified atom stereocenters. The van der Waals surface area contributed by atoms with Crippen molar-refractivity contribution in [3.05, 3.63) is 33.5 Å². The van der Waals surface area contributed by atoms with E-state index >= 15 is 0 Å². The topological polar surface area (TPSA) is 62.3 Å². The van der Waals surface area contributed by atoms with Gasteiger partial charge in [-0.05, 0) is 40.8 Å². The van der Waals surface area contributed by atoms with Gasteiger partial charge in [0, 0.05) is 5.56 Å². The highest BCUT2D eigenvalue weighted by molar-refractivity contribution is 14.1. The summed E-state index contributed by atoms with van der Waals surface area (Å²) in [6.45, 7) is 0.551. The van der Waals surface area contributed by atoms with Crippen LogP contribution in [0.15, 0.2) is 24.4 Å². The third-order valence-electron chi connectivity index (χ3n) is 2.64. The van der Waals surface area contributed by atoms with Gasteiger partial charge in [0.1, 0.15) is 17.3 Å². The normalized spacial score (nSPS) is 10.4. The van der Waals surface area contributed by atoms with Crippen molar-refractivity contribution in [2.24, 2.45) is 0 Å². The molecule has 0 saturated carbocycles. The number of nitrogens with two attached hydrogens (primary N) is 1. The van der Waals surface area contributed by atoms with Crippen LogP contribution in [-0.4, -0.2) is 24.0 Å². The Bertz CT molecular complexity index is 554. The van der Waals surface area contributed by atoms with Crippen molar-refractivity contribution < 1.29 is 9.47 Å². The number of methoxy groups -OCH3 is 2. The number of aromatic nitrogens is 2. The van der Waals surface area contributed by atoms with E-state index in [-0.39, 0.29) is 0 Å². The molecule has 0 aliphatic carbocycles. The number of nitrogen functional groups attached to an aromatic ring is 1. The molecule has 0 spiro atoms. The van der Waals surface area contributed by atoms with E-state index in [4.69, 9.17) is 15.2 Å². The Hall–Kier alpha value is -1.44. The van der Waals surface area contributed by atoms with Crippen molar-refractivity contribution in [3.63, 3.8) is 0 Å². The zero-order valence-electron chi connectivity index (χ0n) is 10.2. The standard InChI is InChI=1S/C12H14IN3O2/c1-17-9-3-4-11(18-2)8(5-9)7-16-12(14)10(13)6-15-16/h3-6H,7,14H2,1-2H3. The van der Waals surface area contributed by atoms with Crippen LogP contribution in [-0.2, 0) is 6.54 Å². The van der Waals surface area contributed by atoms with Crippen LogP contribution in [0.25, 0.3) is 0 Å². The molecule has 0 saturated heterocycles. The number of halogens is 1. The fourth-order valence-corrected chi connectivity index (χ4v) is 2.07. The molecule has 5 nitrogen and oxygen atoms in total. The predicted octanol–water partition coefficient (Wildman–Crippen LogP) is 2.14. The van der Waals surface area contributed by atoms with Gasteiger partial charge in [-0.2, -0.15) is 5.10 Å². The SMILES string of the molecule is COc1ccc(OC)c(Cn2ncc(I)c2N)c1. The Labute approximate surface area is 119 Å². The molecule has 2 N–H and O–H groups in total. The second-order valence-electron chi connectivity index (χ2n) is 3.71. The molecule has 1 aromatic carbocycles. The highest BCUT2D eigenvalue weighted by Crippen LogP contribution is 2.25. The molecule has 2 rings (SSSR count). The van der Waals surface area contributed by atoms with Crippen LogP contribution in [0.4, 0.5) is 5.82 Å². The van der Waals surface area contributed by atoms with Crippen LogP contribution in [0.2, 0.25) is 0 Å². The van der Waals surface area contributed by atoms with Gasteiger partial charge in [-0.15, -0.1) is 0 Å². The van der Waals surface area contributed by atoms with Crippen LogP contribution >= 0.6 is 22.6 Å². The molecule has 0 atom stereocenters. The Balaban J connectivity index is 2.35. The number of hydrogen-bond acceptors (Lipinski definition) is 4. The lowest BCUT2D eigenvalue weighted by atomic mass is 10.2. The zero-order chi connectivity index (χ0) is 13.1. The maximum absolute atomic E-state index is 5.93. The molecule has 6 heteroatoms. The average Bonchev–Trinajstić information content (AvgIpc) is 2.70. The minimum Gasteiger partial charge on any atom is -0.497 e. The summed E-state index contributed by atoms with van der Waals surface area (Å²) in [6.07, 6.45) is 1.74. The molecular weight excluding hydrogens is 345 g/mol. The highest BCUT2D eigenvalue weighted by atomic mass is 127. The van der Waals surface area contributed by atoms with Gasteiger partial charge in [-0.3, -0.25) is 0 Å². The van der Waals surface area contributed by atoms with Crippen LogP contribution in [0.5, 0.6) is 11.5 Å². The summed E-state index contributed by atoms with van der Waals surface area (Å²) < 4.78 is 13.2. The van der Waals surface area contributed by atoms with Crippen molar-refractivity contribution >= 4 is 28.4 Å². The van der Waals surface area contributed by atoms with E-state index in [0.29, 0.717) is 12.4 Å². The van der Waals surface area contributed by atoms with Crippen molar-refractivity contribution in [1.82, 2.24) is 9.78 Å². The van der Waals surface area contributed by atoms with E-state index in [1.807, 2.05) is 18.2 Å². The number of hydrogen-bond donors (Lipinski definition) is 1. The Morgan fingerprint density at radius 1 is 1.33 bits per heavy atom. The van der Waals surface area contributed by atoms with E-state index in [1.54, 1.807) is 25.1 Å². The van der Waals surface area contributed by atoms with Crippen LogP contribution < -0.4 is 15.2 Å². The first kappa shape index (κ1) is 13.0. The Morgan fingerprint density at radius 2 is 2.11 bits per heavy atom. The zero-order valence-corrected chi connectivity index (χ0v) is 12.3. The lowest BCUT2D eigenvalue weighted by Gasteiger charge is -2.11. The van der Waals surface area contributed by atoms with Gasteiger partial charge in [0.2, 0.25) is 0 Å². The average molecular weight is 359 g/mol. The molecule has 0 aliphatic rings. The number of ether oxygens (including phenoxy) is 2. The number of nitrogens with zero attached hydrogens (tertiary/aromatic N) is 2. The lowest BCUT2D eigenvalue weighted by Crippen LogP contribution is -2.07. The molecule has 1 aromatic heterocycles. The molecule has 1 heterocycles. The minimum absolute atomic E-state index is 0.551. The van der Waals surface area contributed by atoms with Crippen molar-refractivity contribution in [3.8, 4) is 11.5 Å². The van der Waals surface area contributed by atoms with Gasteiger partial charge in [0.15, 0.2) is 0 Å². The maximum atomic E-state index is 5.93.